The number of carbonyl (C=O) groups is 1. The summed E-state index contributed by atoms with van der Waals surface area (Å²) in [4.78, 5) is 11.5. The molecule has 2 N–H and O–H groups in total. The summed E-state index contributed by atoms with van der Waals surface area (Å²) >= 11 is 0. The van der Waals surface area contributed by atoms with Crippen molar-refractivity contribution in [2.24, 2.45) is 0 Å². The zero-order valence-corrected chi connectivity index (χ0v) is 11.3. The Morgan fingerprint density at radius 2 is 1.95 bits per heavy atom. The summed E-state index contributed by atoms with van der Waals surface area (Å²) in [6, 6.07) is 9.22. The molecule has 0 amide bonds. The molecule has 0 bridgehead atoms. The topological polar surface area (TPSA) is 83.8 Å². The number of benzene rings is 1. The molecule has 0 aliphatic carbocycles. The smallest absolute Gasteiger partial charge is 0.318 e. The third kappa shape index (κ3) is 6.47. The number of esters is 1. The normalized spacial score (nSPS) is 13.8. The Morgan fingerprint density at radius 1 is 1.26 bits per heavy atom. The molecule has 6 heteroatoms. The Labute approximate surface area is 114 Å². The van der Waals surface area contributed by atoms with E-state index in [-0.39, 0.29) is 25.4 Å². The van der Waals surface area contributed by atoms with Crippen molar-refractivity contribution in [3.8, 4) is 0 Å². The molecule has 1 aromatic carbocycles. The molecule has 0 aromatic heterocycles. The summed E-state index contributed by atoms with van der Waals surface area (Å²) < 4.78 is 16.7. The maximum atomic E-state index is 11.7. The van der Waals surface area contributed by atoms with Crippen LogP contribution in [0.2, 0.25) is 0 Å². The molecule has 19 heavy (non-hydrogen) atoms. The predicted octanol–water partition coefficient (Wildman–Crippen LogP) is 0.222. The van der Waals surface area contributed by atoms with Crippen molar-refractivity contribution in [3.05, 3.63) is 35.9 Å². The molecule has 0 radical (unpaired) electrons. The fraction of sp³-hybridized carbons (Fsp3) is 0.462. The van der Waals surface area contributed by atoms with Crippen molar-refractivity contribution in [1.29, 1.82) is 0 Å². The van der Waals surface area contributed by atoms with Gasteiger partial charge in [0.25, 0.3) is 0 Å². The molecule has 0 heterocycles. The molecule has 0 aliphatic heterocycles. The zero-order valence-electron chi connectivity index (χ0n) is 10.5. The molecule has 0 spiro atoms. The van der Waals surface area contributed by atoms with Gasteiger partial charge in [0.15, 0.2) is 0 Å². The summed E-state index contributed by atoms with van der Waals surface area (Å²) in [6.07, 6.45) is -0.556. The molecule has 0 saturated carbocycles. The van der Waals surface area contributed by atoms with E-state index in [4.69, 9.17) is 14.9 Å². The number of aliphatic hydroxyl groups is 2. The van der Waals surface area contributed by atoms with E-state index in [0.29, 0.717) is 5.75 Å². The van der Waals surface area contributed by atoms with E-state index in [1.165, 1.54) is 0 Å². The Hall–Kier alpha value is -1.24. The van der Waals surface area contributed by atoms with Crippen LogP contribution in [0, 0.1) is 0 Å². The van der Waals surface area contributed by atoms with Gasteiger partial charge in [-0.1, -0.05) is 30.3 Å². The van der Waals surface area contributed by atoms with Crippen molar-refractivity contribution in [1.82, 2.24) is 0 Å². The molecule has 1 aromatic rings. The van der Waals surface area contributed by atoms with Crippen molar-refractivity contribution in [2.75, 3.05) is 19.0 Å². The average Bonchev–Trinajstić information content (AvgIpc) is 2.39. The standard InChI is InChI=1S/C13H18O5S/c14-7-6-12(8-15)18-13(16)10-19(17)9-11-4-2-1-3-5-11/h1-5,12,14-15H,6-10H2. The molecule has 2 atom stereocenters. The van der Waals surface area contributed by atoms with Gasteiger partial charge in [-0.3, -0.25) is 9.00 Å². The third-order valence-electron chi connectivity index (χ3n) is 2.40. The van der Waals surface area contributed by atoms with Crippen LogP contribution in [0.15, 0.2) is 30.3 Å². The van der Waals surface area contributed by atoms with Gasteiger partial charge in [0, 0.05) is 29.6 Å². The Balaban J connectivity index is 2.37. The third-order valence-corrected chi connectivity index (χ3v) is 3.62. The highest BCUT2D eigenvalue weighted by molar-refractivity contribution is 7.84. The molecule has 1 rings (SSSR count). The lowest BCUT2D eigenvalue weighted by molar-refractivity contribution is -0.148. The largest absolute Gasteiger partial charge is 0.459 e. The van der Waals surface area contributed by atoms with E-state index >= 15 is 0 Å². The van der Waals surface area contributed by atoms with Crippen LogP contribution in [0.25, 0.3) is 0 Å². The number of hydrogen-bond donors (Lipinski definition) is 2. The summed E-state index contributed by atoms with van der Waals surface area (Å²) in [5.41, 5.74) is 0.891. The molecule has 5 nitrogen and oxygen atoms in total. The minimum absolute atomic E-state index is 0.174. The minimum atomic E-state index is -1.34. The van der Waals surface area contributed by atoms with Crippen molar-refractivity contribution in [3.63, 3.8) is 0 Å². The van der Waals surface area contributed by atoms with E-state index in [1.54, 1.807) is 0 Å². The second-order valence-corrected chi connectivity index (χ2v) is 5.48. The average molecular weight is 286 g/mol. The molecule has 0 aliphatic rings. The SMILES string of the molecule is O=C(CS(=O)Cc1ccccc1)OC(CO)CCO. The molecular weight excluding hydrogens is 268 g/mol. The van der Waals surface area contributed by atoms with Gasteiger partial charge in [-0.2, -0.15) is 0 Å². The first-order valence-electron chi connectivity index (χ1n) is 5.95. The predicted molar refractivity (Wildman–Crippen MR) is 71.8 cm³/mol. The van der Waals surface area contributed by atoms with Gasteiger partial charge in [0.1, 0.15) is 11.9 Å². The quantitative estimate of drug-likeness (QED) is 0.668. The number of aliphatic hydroxyl groups excluding tert-OH is 2. The van der Waals surface area contributed by atoms with E-state index in [9.17, 15) is 9.00 Å². The highest BCUT2D eigenvalue weighted by Gasteiger charge is 2.15. The number of carbonyl (C=O) groups excluding carboxylic acids is 1. The molecule has 106 valence electrons. The van der Waals surface area contributed by atoms with Crippen LogP contribution in [0.4, 0.5) is 0 Å². The minimum Gasteiger partial charge on any atom is -0.459 e. The van der Waals surface area contributed by atoms with Gasteiger partial charge >= 0.3 is 5.97 Å². The maximum Gasteiger partial charge on any atom is 0.318 e. The fourth-order valence-electron chi connectivity index (χ4n) is 1.49. The second-order valence-electron chi connectivity index (χ2n) is 4.02. The summed E-state index contributed by atoms with van der Waals surface area (Å²) in [7, 11) is -1.34. The van der Waals surface area contributed by atoms with E-state index in [0.717, 1.165) is 5.56 Å². The van der Waals surface area contributed by atoms with Crippen LogP contribution in [-0.4, -0.2) is 45.5 Å². The summed E-state index contributed by atoms with van der Waals surface area (Å²) in [6.45, 7) is -0.525. The number of ether oxygens (including phenoxy) is 1. The molecule has 0 saturated heterocycles. The van der Waals surface area contributed by atoms with Crippen LogP contribution in [-0.2, 0) is 26.1 Å². The lowest BCUT2D eigenvalue weighted by atomic mass is 10.2. The van der Waals surface area contributed by atoms with E-state index in [1.807, 2.05) is 30.3 Å². The van der Waals surface area contributed by atoms with Crippen LogP contribution >= 0.6 is 0 Å². The van der Waals surface area contributed by atoms with Crippen LogP contribution < -0.4 is 0 Å². The Bertz CT molecular complexity index is 407. The Morgan fingerprint density at radius 3 is 2.53 bits per heavy atom. The first-order valence-corrected chi connectivity index (χ1v) is 7.44. The van der Waals surface area contributed by atoms with E-state index in [2.05, 4.69) is 0 Å². The van der Waals surface area contributed by atoms with Gasteiger partial charge in [0.2, 0.25) is 0 Å². The lowest BCUT2D eigenvalue weighted by Gasteiger charge is -2.13. The van der Waals surface area contributed by atoms with Crippen LogP contribution in [0.3, 0.4) is 0 Å². The molecule has 0 fully saturated rings. The van der Waals surface area contributed by atoms with Gasteiger partial charge in [-0.05, 0) is 5.56 Å². The highest BCUT2D eigenvalue weighted by atomic mass is 32.2. The Kier molecular flexibility index (Phi) is 7.32. The van der Waals surface area contributed by atoms with Gasteiger partial charge in [-0.25, -0.2) is 0 Å². The number of hydrogen-bond acceptors (Lipinski definition) is 5. The number of rotatable bonds is 8. The monoisotopic (exact) mass is 286 g/mol. The zero-order chi connectivity index (χ0) is 14.1. The van der Waals surface area contributed by atoms with Crippen molar-refractivity contribution < 1.29 is 24.0 Å². The highest BCUT2D eigenvalue weighted by Crippen LogP contribution is 2.04. The van der Waals surface area contributed by atoms with E-state index < -0.39 is 22.9 Å². The molecule has 2 unspecified atom stereocenters. The van der Waals surface area contributed by atoms with Gasteiger partial charge in [-0.15, -0.1) is 0 Å². The van der Waals surface area contributed by atoms with Crippen LogP contribution in [0.5, 0.6) is 0 Å². The van der Waals surface area contributed by atoms with Gasteiger partial charge < -0.3 is 14.9 Å². The maximum absolute atomic E-state index is 11.7. The van der Waals surface area contributed by atoms with Crippen molar-refractivity contribution >= 4 is 16.8 Å². The first kappa shape index (κ1) is 15.8. The second kappa shape index (κ2) is 8.79. The van der Waals surface area contributed by atoms with Crippen LogP contribution in [0.1, 0.15) is 12.0 Å². The molecular formula is C13H18O5S. The van der Waals surface area contributed by atoms with Crippen molar-refractivity contribution in [2.45, 2.75) is 18.3 Å². The summed E-state index contributed by atoms with van der Waals surface area (Å²) in [5.74, 6) is -0.543. The lowest BCUT2D eigenvalue weighted by Crippen LogP contribution is -2.26. The summed E-state index contributed by atoms with van der Waals surface area (Å²) in [5, 5.41) is 17.6. The first-order chi connectivity index (χ1) is 9.15. The fourth-order valence-corrected chi connectivity index (χ4v) is 2.49. The van der Waals surface area contributed by atoms with Gasteiger partial charge in [0.05, 0.1) is 6.61 Å².